The van der Waals surface area contributed by atoms with Crippen molar-refractivity contribution in [2.45, 2.75) is 6.10 Å². The lowest BCUT2D eigenvalue weighted by Gasteiger charge is -2.20. The molecule has 0 aliphatic carbocycles. The molecule has 0 unspecified atom stereocenters. The molecule has 0 saturated carbocycles. The molecule has 25 heavy (non-hydrogen) atoms. The minimum absolute atomic E-state index is 0.129. The van der Waals surface area contributed by atoms with Crippen LogP contribution >= 0.6 is 0 Å². The normalized spacial score (nSPS) is 10.5. The van der Waals surface area contributed by atoms with E-state index in [0.29, 0.717) is 5.75 Å². The third kappa shape index (κ3) is 3.77. The summed E-state index contributed by atoms with van der Waals surface area (Å²) in [5.74, 6) is 0.610. The standard InChI is InChI=1S/C20H17NO4/c1-24-17-12-13-19(18(14-17)21(22)23)25-20(15-8-4-2-5-9-15)16-10-6-3-7-11-16/h2-14,20H,1H3. The van der Waals surface area contributed by atoms with Crippen LogP contribution < -0.4 is 9.47 Å². The van der Waals surface area contributed by atoms with Crippen molar-refractivity contribution in [1.82, 2.24) is 0 Å². The lowest BCUT2D eigenvalue weighted by Crippen LogP contribution is -2.10. The van der Waals surface area contributed by atoms with Crippen LogP contribution in [0.2, 0.25) is 0 Å². The SMILES string of the molecule is COc1ccc(OC(c2ccccc2)c2ccccc2)c([N+](=O)[O-])c1. The van der Waals surface area contributed by atoms with Crippen molar-refractivity contribution in [2.24, 2.45) is 0 Å². The van der Waals surface area contributed by atoms with Crippen molar-refractivity contribution >= 4 is 5.69 Å². The highest BCUT2D eigenvalue weighted by Gasteiger charge is 2.22. The number of hydrogen-bond donors (Lipinski definition) is 0. The molecule has 0 aromatic heterocycles. The van der Waals surface area contributed by atoms with Crippen LogP contribution in [0.1, 0.15) is 17.2 Å². The average Bonchev–Trinajstić information content (AvgIpc) is 2.67. The summed E-state index contributed by atoms with van der Waals surface area (Å²) in [7, 11) is 1.47. The molecular formula is C20H17NO4. The van der Waals surface area contributed by atoms with Gasteiger partial charge in [-0.05, 0) is 23.3 Å². The van der Waals surface area contributed by atoms with Gasteiger partial charge >= 0.3 is 5.69 Å². The zero-order valence-electron chi connectivity index (χ0n) is 13.7. The van der Waals surface area contributed by atoms with E-state index in [0.717, 1.165) is 11.1 Å². The van der Waals surface area contributed by atoms with Crippen molar-refractivity contribution in [3.63, 3.8) is 0 Å². The molecule has 0 spiro atoms. The maximum Gasteiger partial charge on any atom is 0.314 e. The number of nitrogens with zero attached hydrogens (tertiary/aromatic N) is 1. The molecule has 5 nitrogen and oxygen atoms in total. The van der Waals surface area contributed by atoms with Gasteiger partial charge in [-0.15, -0.1) is 0 Å². The number of nitro benzene ring substituents is 1. The summed E-state index contributed by atoms with van der Waals surface area (Å²) in [4.78, 5) is 10.9. The molecule has 0 fully saturated rings. The van der Waals surface area contributed by atoms with E-state index in [1.807, 2.05) is 60.7 Å². The Kier molecular flexibility index (Phi) is 4.95. The number of nitro groups is 1. The molecule has 0 heterocycles. The Bertz CT molecular complexity index is 811. The predicted octanol–water partition coefficient (Wildman–Crippen LogP) is 4.77. The van der Waals surface area contributed by atoms with Crippen LogP contribution in [0, 0.1) is 10.1 Å². The van der Waals surface area contributed by atoms with Gasteiger partial charge in [-0.1, -0.05) is 60.7 Å². The fourth-order valence-corrected chi connectivity index (χ4v) is 2.58. The first-order valence-electron chi connectivity index (χ1n) is 7.78. The first kappa shape index (κ1) is 16.5. The van der Waals surface area contributed by atoms with E-state index in [-0.39, 0.29) is 11.4 Å². The van der Waals surface area contributed by atoms with Crippen molar-refractivity contribution in [1.29, 1.82) is 0 Å². The van der Waals surface area contributed by atoms with E-state index < -0.39 is 11.0 Å². The molecule has 0 N–H and O–H groups in total. The Balaban J connectivity index is 2.03. The predicted molar refractivity (Wildman–Crippen MR) is 95.0 cm³/mol. The molecule has 5 heteroatoms. The Labute approximate surface area is 145 Å². The zero-order valence-corrected chi connectivity index (χ0v) is 13.7. The van der Waals surface area contributed by atoms with Crippen LogP contribution in [0.4, 0.5) is 5.69 Å². The molecule has 0 aliphatic rings. The van der Waals surface area contributed by atoms with E-state index in [4.69, 9.17) is 9.47 Å². The summed E-state index contributed by atoms with van der Waals surface area (Å²) in [6.45, 7) is 0. The summed E-state index contributed by atoms with van der Waals surface area (Å²) in [5, 5.41) is 11.4. The smallest absolute Gasteiger partial charge is 0.314 e. The number of benzene rings is 3. The second kappa shape index (κ2) is 7.49. The van der Waals surface area contributed by atoms with Gasteiger partial charge in [0.15, 0.2) is 5.75 Å². The molecular weight excluding hydrogens is 318 g/mol. The van der Waals surface area contributed by atoms with Gasteiger partial charge in [0.25, 0.3) is 0 Å². The molecule has 0 bridgehead atoms. The van der Waals surface area contributed by atoms with Crippen LogP contribution in [0.5, 0.6) is 11.5 Å². The fraction of sp³-hybridized carbons (Fsp3) is 0.100. The second-order valence-corrected chi connectivity index (χ2v) is 5.41. The van der Waals surface area contributed by atoms with Gasteiger partial charge < -0.3 is 9.47 Å². The van der Waals surface area contributed by atoms with E-state index in [2.05, 4.69) is 0 Å². The van der Waals surface area contributed by atoms with Gasteiger partial charge in [0.05, 0.1) is 18.1 Å². The topological polar surface area (TPSA) is 61.6 Å². The van der Waals surface area contributed by atoms with E-state index in [1.54, 1.807) is 12.1 Å². The number of ether oxygens (including phenoxy) is 2. The highest BCUT2D eigenvalue weighted by atomic mass is 16.6. The summed E-state index contributed by atoms with van der Waals surface area (Å²) in [6, 6.07) is 23.8. The zero-order chi connectivity index (χ0) is 17.6. The van der Waals surface area contributed by atoms with Crippen molar-refractivity contribution < 1.29 is 14.4 Å². The van der Waals surface area contributed by atoms with Crippen molar-refractivity contribution in [3.05, 3.63) is 100 Å². The Morgan fingerprint density at radius 2 is 1.44 bits per heavy atom. The summed E-state index contributed by atoms with van der Waals surface area (Å²) in [6.07, 6.45) is -0.450. The molecule has 0 atom stereocenters. The van der Waals surface area contributed by atoms with Crippen molar-refractivity contribution in [2.75, 3.05) is 7.11 Å². The first-order valence-corrected chi connectivity index (χ1v) is 7.78. The van der Waals surface area contributed by atoms with Gasteiger partial charge in [-0.25, -0.2) is 0 Å². The average molecular weight is 335 g/mol. The molecule has 3 aromatic rings. The quantitative estimate of drug-likeness (QED) is 0.481. The Hall–Kier alpha value is -3.34. The Morgan fingerprint density at radius 1 is 0.880 bits per heavy atom. The minimum Gasteiger partial charge on any atom is -0.496 e. The summed E-state index contributed by atoms with van der Waals surface area (Å²) in [5.41, 5.74) is 1.70. The largest absolute Gasteiger partial charge is 0.496 e. The molecule has 0 saturated heterocycles. The monoisotopic (exact) mass is 335 g/mol. The fourth-order valence-electron chi connectivity index (χ4n) is 2.58. The molecule has 0 aliphatic heterocycles. The summed E-state index contributed by atoms with van der Waals surface area (Å²) < 4.78 is 11.2. The first-order chi connectivity index (χ1) is 12.2. The number of hydrogen-bond acceptors (Lipinski definition) is 4. The van der Waals surface area contributed by atoms with Crippen LogP contribution in [0.3, 0.4) is 0 Å². The van der Waals surface area contributed by atoms with Gasteiger partial charge in [0, 0.05) is 0 Å². The molecule has 3 aromatic carbocycles. The van der Waals surface area contributed by atoms with Crippen LogP contribution in [0.15, 0.2) is 78.9 Å². The van der Waals surface area contributed by atoms with Crippen LogP contribution in [-0.4, -0.2) is 12.0 Å². The highest BCUT2D eigenvalue weighted by Crippen LogP contribution is 2.36. The van der Waals surface area contributed by atoms with Crippen LogP contribution in [0.25, 0.3) is 0 Å². The number of rotatable bonds is 6. The van der Waals surface area contributed by atoms with Gasteiger partial charge in [0.1, 0.15) is 11.9 Å². The summed E-state index contributed by atoms with van der Waals surface area (Å²) >= 11 is 0. The molecule has 126 valence electrons. The lowest BCUT2D eigenvalue weighted by molar-refractivity contribution is -0.386. The second-order valence-electron chi connectivity index (χ2n) is 5.41. The number of methoxy groups -OCH3 is 1. The highest BCUT2D eigenvalue weighted by molar-refractivity contribution is 5.51. The van der Waals surface area contributed by atoms with E-state index >= 15 is 0 Å². The third-order valence-corrected chi connectivity index (χ3v) is 3.81. The van der Waals surface area contributed by atoms with E-state index in [1.165, 1.54) is 13.2 Å². The molecule has 0 amide bonds. The lowest BCUT2D eigenvalue weighted by atomic mass is 10.0. The third-order valence-electron chi connectivity index (χ3n) is 3.81. The van der Waals surface area contributed by atoms with Crippen molar-refractivity contribution in [3.8, 4) is 11.5 Å². The van der Waals surface area contributed by atoms with Gasteiger partial charge in [-0.2, -0.15) is 0 Å². The minimum atomic E-state index is -0.467. The Morgan fingerprint density at radius 3 is 1.92 bits per heavy atom. The van der Waals surface area contributed by atoms with Gasteiger partial charge in [0.2, 0.25) is 0 Å². The van der Waals surface area contributed by atoms with E-state index in [9.17, 15) is 10.1 Å². The maximum absolute atomic E-state index is 11.4. The molecule has 3 rings (SSSR count). The molecule has 0 radical (unpaired) electrons. The maximum atomic E-state index is 11.4. The van der Waals surface area contributed by atoms with Crippen LogP contribution in [-0.2, 0) is 0 Å². The van der Waals surface area contributed by atoms with Gasteiger partial charge in [-0.3, -0.25) is 10.1 Å².